The van der Waals surface area contributed by atoms with E-state index in [9.17, 15) is 14.7 Å². The van der Waals surface area contributed by atoms with Crippen molar-refractivity contribution >= 4 is 25.3 Å². The average molecular weight is 470 g/mol. The monoisotopic (exact) mass is 469 g/mol. The molecule has 0 aliphatic heterocycles. The third-order valence-electron chi connectivity index (χ3n) is 5.08. The fourth-order valence-corrected chi connectivity index (χ4v) is 3.11. The number of amides is 2. The van der Waals surface area contributed by atoms with Crippen LogP contribution < -0.4 is 10.7 Å². The van der Waals surface area contributed by atoms with E-state index < -0.39 is 12.1 Å². The van der Waals surface area contributed by atoms with Gasteiger partial charge < -0.3 is 10.4 Å². The van der Waals surface area contributed by atoms with Crippen molar-refractivity contribution in [3.63, 3.8) is 0 Å². The van der Waals surface area contributed by atoms with Gasteiger partial charge in [-0.2, -0.15) is 13.5 Å². The zero-order valence-corrected chi connectivity index (χ0v) is 20.9. The van der Waals surface area contributed by atoms with E-state index in [0.717, 1.165) is 18.4 Å². The van der Waals surface area contributed by atoms with Crippen molar-refractivity contribution in [1.29, 1.82) is 0 Å². The lowest BCUT2D eigenvalue weighted by molar-refractivity contribution is -0.128. The van der Waals surface area contributed by atoms with E-state index in [1.807, 2.05) is 37.3 Å². The molecule has 2 amide bonds. The standard InChI is InChI=1S/C24H41N3O3.CH4.H2S/c1-6-27(26-24(30)15-13-19(4)5)17-22(28)21(16-20-10-8-7-9-11-20)25-23(29)14-12-18(2)3;;/h7-11,18-19,21-22,28H,6,12-17H2,1-5H3,(H,25,29)(H,26,30);1H4;1H2/t21-,22+;;/m0../s1. The fourth-order valence-electron chi connectivity index (χ4n) is 3.11. The predicted molar refractivity (Wildman–Crippen MR) is 139 cm³/mol. The van der Waals surface area contributed by atoms with Crippen LogP contribution in [0.3, 0.4) is 0 Å². The Hall–Kier alpha value is -1.57. The highest BCUT2D eigenvalue weighted by molar-refractivity contribution is 7.59. The maximum Gasteiger partial charge on any atom is 0.234 e. The van der Waals surface area contributed by atoms with E-state index in [1.54, 1.807) is 5.01 Å². The predicted octanol–water partition coefficient (Wildman–Crippen LogP) is 4.05. The molecule has 0 radical (unpaired) electrons. The lowest BCUT2D eigenvalue weighted by atomic mass is 10.00. The summed E-state index contributed by atoms with van der Waals surface area (Å²) in [6.07, 6.45) is 2.27. The number of likely N-dealkylation sites (N-methyl/N-ethyl adjacent to an activating group) is 1. The number of hydrogen-bond acceptors (Lipinski definition) is 4. The highest BCUT2D eigenvalue weighted by Crippen LogP contribution is 2.10. The summed E-state index contributed by atoms with van der Waals surface area (Å²) in [5.74, 6) is 0.823. The Kier molecular flexibility index (Phi) is 18.3. The number of nitrogens with zero attached hydrogens (tertiary/aromatic N) is 1. The fraction of sp³-hybridized carbons (Fsp3) is 0.680. The molecule has 0 aliphatic carbocycles. The summed E-state index contributed by atoms with van der Waals surface area (Å²) in [7, 11) is 0. The minimum absolute atomic E-state index is 0. The lowest BCUT2D eigenvalue weighted by Gasteiger charge is -2.30. The first-order chi connectivity index (χ1) is 14.2. The van der Waals surface area contributed by atoms with Crippen LogP contribution in [0.4, 0.5) is 0 Å². The Morgan fingerprint density at radius 1 is 0.969 bits per heavy atom. The molecular weight excluding hydrogens is 422 g/mol. The van der Waals surface area contributed by atoms with Crippen molar-refractivity contribution in [3.8, 4) is 0 Å². The molecule has 186 valence electrons. The van der Waals surface area contributed by atoms with Crippen molar-refractivity contribution in [2.45, 2.75) is 86.3 Å². The molecule has 0 saturated heterocycles. The number of aliphatic hydroxyl groups is 1. The molecule has 1 rings (SSSR count). The quantitative estimate of drug-likeness (QED) is 0.359. The highest BCUT2D eigenvalue weighted by atomic mass is 32.1. The molecule has 1 aromatic carbocycles. The first-order valence-corrected chi connectivity index (χ1v) is 11.3. The molecule has 0 unspecified atom stereocenters. The summed E-state index contributed by atoms with van der Waals surface area (Å²) >= 11 is 0. The minimum atomic E-state index is -0.807. The third-order valence-corrected chi connectivity index (χ3v) is 5.08. The summed E-state index contributed by atoms with van der Waals surface area (Å²) in [6, 6.07) is 9.41. The number of carbonyl (C=O) groups excluding carboxylic acids is 2. The van der Waals surface area contributed by atoms with Crippen LogP contribution in [-0.4, -0.2) is 47.2 Å². The Morgan fingerprint density at radius 2 is 1.50 bits per heavy atom. The van der Waals surface area contributed by atoms with Crippen LogP contribution in [0.25, 0.3) is 0 Å². The normalized spacial score (nSPS) is 12.7. The van der Waals surface area contributed by atoms with Crippen LogP contribution >= 0.6 is 13.5 Å². The van der Waals surface area contributed by atoms with Crippen LogP contribution in [0, 0.1) is 11.8 Å². The summed E-state index contributed by atoms with van der Waals surface area (Å²) in [5.41, 5.74) is 3.94. The van der Waals surface area contributed by atoms with Gasteiger partial charge in [0.05, 0.1) is 12.1 Å². The molecule has 0 spiro atoms. The number of nitrogens with one attached hydrogen (secondary N) is 2. The van der Waals surface area contributed by atoms with Crippen molar-refractivity contribution in [3.05, 3.63) is 35.9 Å². The highest BCUT2D eigenvalue weighted by Gasteiger charge is 2.24. The van der Waals surface area contributed by atoms with Gasteiger partial charge in [-0.1, -0.05) is 72.4 Å². The largest absolute Gasteiger partial charge is 0.390 e. The van der Waals surface area contributed by atoms with Crippen LogP contribution in [0.5, 0.6) is 0 Å². The van der Waals surface area contributed by atoms with E-state index in [1.165, 1.54) is 0 Å². The summed E-state index contributed by atoms with van der Waals surface area (Å²) in [5, 5.41) is 15.7. The molecule has 32 heavy (non-hydrogen) atoms. The van der Waals surface area contributed by atoms with Gasteiger partial charge in [-0.3, -0.25) is 15.0 Å². The number of rotatable bonds is 14. The van der Waals surface area contributed by atoms with Gasteiger partial charge in [0.2, 0.25) is 11.8 Å². The van der Waals surface area contributed by atoms with Gasteiger partial charge in [0, 0.05) is 25.9 Å². The molecule has 6 nitrogen and oxygen atoms in total. The second kappa shape index (κ2) is 17.9. The Bertz CT molecular complexity index is 626. The zero-order chi connectivity index (χ0) is 22.5. The Balaban J connectivity index is 0. The average Bonchev–Trinajstić information content (AvgIpc) is 2.70. The topological polar surface area (TPSA) is 81.7 Å². The second-order valence-corrected chi connectivity index (χ2v) is 8.87. The maximum absolute atomic E-state index is 12.4. The van der Waals surface area contributed by atoms with E-state index in [2.05, 4.69) is 38.4 Å². The summed E-state index contributed by atoms with van der Waals surface area (Å²) in [4.78, 5) is 24.6. The number of aliphatic hydroxyl groups excluding tert-OH is 1. The van der Waals surface area contributed by atoms with E-state index in [4.69, 9.17) is 0 Å². The van der Waals surface area contributed by atoms with Crippen molar-refractivity contribution < 1.29 is 14.7 Å². The molecule has 2 atom stereocenters. The van der Waals surface area contributed by atoms with Gasteiger partial charge in [-0.25, -0.2) is 5.01 Å². The van der Waals surface area contributed by atoms with Gasteiger partial charge in [0.15, 0.2) is 0 Å². The van der Waals surface area contributed by atoms with E-state index in [0.29, 0.717) is 37.6 Å². The molecule has 1 aromatic rings. The second-order valence-electron chi connectivity index (χ2n) is 8.87. The molecule has 0 saturated carbocycles. The number of carbonyl (C=O) groups is 2. The first kappa shape index (κ1) is 32.6. The summed E-state index contributed by atoms with van der Waals surface area (Å²) in [6.45, 7) is 11.1. The molecule has 0 heterocycles. The molecule has 0 aromatic heterocycles. The van der Waals surface area contributed by atoms with E-state index in [-0.39, 0.29) is 39.3 Å². The lowest BCUT2D eigenvalue weighted by Crippen LogP contribution is -2.53. The minimum Gasteiger partial charge on any atom is -0.390 e. The number of hydrogen-bond donors (Lipinski definition) is 3. The molecule has 7 heteroatoms. The first-order valence-electron chi connectivity index (χ1n) is 11.3. The molecule has 0 fully saturated rings. The zero-order valence-electron chi connectivity index (χ0n) is 19.9. The smallest absolute Gasteiger partial charge is 0.234 e. The van der Waals surface area contributed by atoms with E-state index >= 15 is 0 Å². The van der Waals surface area contributed by atoms with Crippen molar-refractivity contribution in [2.24, 2.45) is 11.8 Å². The van der Waals surface area contributed by atoms with Gasteiger partial charge in [0.1, 0.15) is 0 Å². The Labute approximate surface area is 203 Å². The van der Waals surface area contributed by atoms with Crippen LogP contribution in [0.15, 0.2) is 30.3 Å². The van der Waals surface area contributed by atoms with Gasteiger partial charge in [-0.05, 0) is 36.7 Å². The molecule has 0 aliphatic rings. The van der Waals surface area contributed by atoms with Gasteiger partial charge in [-0.15, -0.1) is 0 Å². The summed E-state index contributed by atoms with van der Waals surface area (Å²) < 4.78 is 0. The van der Waals surface area contributed by atoms with Crippen LogP contribution in [-0.2, 0) is 16.0 Å². The van der Waals surface area contributed by atoms with Crippen LogP contribution in [0.1, 0.15) is 73.3 Å². The molecule has 3 N–H and O–H groups in total. The number of hydrazine groups is 1. The van der Waals surface area contributed by atoms with Crippen molar-refractivity contribution in [2.75, 3.05) is 13.1 Å². The molecular formula is C25H47N3O3S. The van der Waals surface area contributed by atoms with Crippen molar-refractivity contribution in [1.82, 2.24) is 15.8 Å². The number of benzene rings is 1. The van der Waals surface area contributed by atoms with Gasteiger partial charge in [0.25, 0.3) is 0 Å². The maximum atomic E-state index is 12.4. The SMILES string of the molecule is C.CCN(C[C@@H](O)[C@H](Cc1ccccc1)NC(=O)CCC(C)C)NC(=O)CCC(C)C.S. The Morgan fingerprint density at radius 3 is 2.00 bits per heavy atom. The third kappa shape index (κ3) is 14.5. The molecule has 0 bridgehead atoms. The van der Waals surface area contributed by atoms with Crippen LogP contribution in [0.2, 0.25) is 0 Å². The van der Waals surface area contributed by atoms with Gasteiger partial charge >= 0.3 is 0 Å².